The van der Waals surface area contributed by atoms with Crippen LogP contribution in [-0.2, 0) is 41.3 Å². The Bertz CT molecular complexity index is 1370. The van der Waals surface area contributed by atoms with E-state index >= 15 is 0 Å². The molecule has 2 saturated heterocycles. The van der Waals surface area contributed by atoms with Gasteiger partial charge in [0, 0.05) is 14.2 Å². The number of hydrogen-bond donors (Lipinski definition) is 9. The standard InChI is InChI=1S/C36H54O17/c1-15(2)7-9-17-11-19(34(46)52-33-28(44)31(47-5)27(43)32(48-6)29(33)45)12-18(10-8-16(3)4)30(17)53-36-26(42)24(40)23(39)21(51-36)14-50-35-25(41)22(38)20(37)13-49-35/h7-8,11-12,20-29,31-33,35-45H,9-10,13-14H2,1-6H3/t20-,21-,22+,23-,24+,25-,26-,27?,28-,29+,31+,32-,33?,35+,36+/m1/s1. The normalized spacial score (nSPS) is 37.5. The largest absolute Gasteiger partial charge is 0.461 e. The Morgan fingerprint density at radius 2 is 1.21 bits per heavy atom. The van der Waals surface area contributed by atoms with E-state index in [0.717, 1.165) is 11.1 Å². The highest BCUT2D eigenvalue weighted by atomic mass is 16.7. The predicted molar refractivity (Wildman–Crippen MR) is 183 cm³/mol. The van der Waals surface area contributed by atoms with Crippen LogP contribution in [0.15, 0.2) is 35.4 Å². The molecule has 53 heavy (non-hydrogen) atoms. The zero-order valence-electron chi connectivity index (χ0n) is 30.6. The second kappa shape index (κ2) is 18.8. The average molecular weight is 759 g/mol. The first-order valence-electron chi connectivity index (χ1n) is 17.4. The lowest BCUT2D eigenvalue weighted by molar-refractivity contribution is -0.307. The molecule has 17 heteroatoms. The first-order valence-corrected chi connectivity index (χ1v) is 17.4. The van der Waals surface area contributed by atoms with Crippen molar-refractivity contribution in [2.45, 2.75) is 132 Å². The third-order valence-electron chi connectivity index (χ3n) is 9.53. The molecular weight excluding hydrogens is 704 g/mol. The van der Waals surface area contributed by atoms with Crippen LogP contribution in [0.4, 0.5) is 0 Å². The van der Waals surface area contributed by atoms with Crippen molar-refractivity contribution in [2.75, 3.05) is 27.4 Å². The number of hydrogen-bond acceptors (Lipinski definition) is 17. The second-order valence-corrected chi connectivity index (χ2v) is 14.1. The Hall–Kier alpha value is -2.59. The minimum atomic E-state index is -1.78. The Morgan fingerprint density at radius 1 is 0.698 bits per heavy atom. The summed E-state index contributed by atoms with van der Waals surface area (Å²) in [5.41, 5.74) is 2.72. The van der Waals surface area contributed by atoms with Gasteiger partial charge in [0.05, 0.1) is 18.8 Å². The van der Waals surface area contributed by atoms with Crippen molar-refractivity contribution in [3.63, 3.8) is 0 Å². The molecule has 0 radical (unpaired) electrons. The molecule has 4 rings (SSSR count). The Balaban J connectivity index is 1.66. The summed E-state index contributed by atoms with van der Waals surface area (Å²) in [6.07, 6.45) is -18.5. The lowest BCUT2D eigenvalue weighted by Gasteiger charge is -2.43. The van der Waals surface area contributed by atoms with Crippen LogP contribution < -0.4 is 4.74 Å². The van der Waals surface area contributed by atoms with Crippen molar-refractivity contribution in [3.05, 3.63) is 52.1 Å². The first-order chi connectivity index (χ1) is 25.0. The molecule has 1 aliphatic carbocycles. The highest BCUT2D eigenvalue weighted by molar-refractivity contribution is 5.90. The summed E-state index contributed by atoms with van der Waals surface area (Å²) in [5, 5.41) is 94.8. The van der Waals surface area contributed by atoms with Gasteiger partial charge in [0.1, 0.15) is 79.0 Å². The molecule has 9 N–H and O–H groups in total. The first kappa shape index (κ1) is 43.1. The number of aliphatic hydroxyl groups is 9. The fourth-order valence-electron chi connectivity index (χ4n) is 6.39. The summed E-state index contributed by atoms with van der Waals surface area (Å²) in [6.45, 7) is 6.64. The van der Waals surface area contributed by atoms with E-state index in [4.69, 9.17) is 33.2 Å². The van der Waals surface area contributed by atoms with E-state index in [-0.39, 0.29) is 30.8 Å². The molecule has 3 fully saturated rings. The number of carbonyl (C=O) groups excluding carboxylic acids is 1. The molecule has 1 aromatic carbocycles. The lowest BCUT2D eigenvalue weighted by Crippen LogP contribution is -2.65. The van der Waals surface area contributed by atoms with Gasteiger partial charge in [-0.25, -0.2) is 4.79 Å². The molecule has 17 nitrogen and oxygen atoms in total. The van der Waals surface area contributed by atoms with E-state index in [1.54, 1.807) is 0 Å². The fourth-order valence-corrected chi connectivity index (χ4v) is 6.39. The Kier molecular flexibility index (Phi) is 15.3. The minimum absolute atomic E-state index is 0.0188. The maximum Gasteiger partial charge on any atom is 0.338 e. The van der Waals surface area contributed by atoms with Crippen molar-refractivity contribution in [1.82, 2.24) is 0 Å². The van der Waals surface area contributed by atoms with Gasteiger partial charge in [-0.15, -0.1) is 0 Å². The maximum atomic E-state index is 13.7. The molecule has 0 spiro atoms. The molecule has 2 aliphatic heterocycles. The van der Waals surface area contributed by atoms with Crippen LogP contribution in [0.3, 0.4) is 0 Å². The molecule has 0 amide bonds. The topological polar surface area (TPSA) is 264 Å². The van der Waals surface area contributed by atoms with E-state index in [2.05, 4.69) is 0 Å². The van der Waals surface area contributed by atoms with E-state index in [1.165, 1.54) is 26.4 Å². The van der Waals surface area contributed by atoms with Crippen LogP contribution in [0.25, 0.3) is 0 Å². The monoisotopic (exact) mass is 758 g/mol. The lowest BCUT2D eigenvalue weighted by atomic mass is 9.84. The van der Waals surface area contributed by atoms with Gasteiger partial charge in [-0.1, -0.05) is 23.3 Å². The molecule has 1 saturated carbocycles. The third kappa shape index (κ3) is 10.00. The zero-order chi connectivity index (χ0) is 39.3. The van der Waals surface area contributed by atoms with Crippen LogP contribution in [0.2, 0.25) is 0 Å². The van der Waals surface area contributed by atoms with Gasteiger partial charge in [0.15, 0.2) is 12.4 Å². The van der Waals surface area contributed by atoms with Crippen LogP contribution in [-0.4, -0.2) is 171 Å². The van der Waals surface area contributed by atoms with Crippen LogP contribution in [0.5, 0.6) is 5.75 Å². The average Bonchev–Trinajstić information content (AvgIpc) is 3.11. The maximum absolute atomic E-state index is 13.7. The molecule has 0 aromatic heterocycles. The molecule has 1 aromatic rings. The number of benzene rings is 1. The highest BCUT2D eigenvalue weighted by Gasteiger charge is 2.52. The summed E-state index contributed by atoms with van der Waals surface area (Å²) < 4.78 is 39.0. The van der Waals surface area contributed by atoms with Gasteiger partial charge in [-0.3, -0.25) is 0 Å². The molecular formula is C36H54O17. The van der Waals surface area contributed by atoms with Gasteiger partial charge in [-0.05, 0) is 63.8 Å². The van der Waals surface area contributed by atoms with Crippen LogP contribution in [0.1, 0.15) is 49.2 Å². The molecule has 2 unspecified atom stereocenters. The number of allylic oxidation sites excluding steroid dienone is 4. The van der Waals surface area contributed by atoms with Crippen molar-refractivity contribution in [3.8, 4) is 5.75 Å². The van der Waals surface area contributed by atoms with Crippen LogP contribution >= 0.6 is 0 Å². The number of esters is 1. The quantitative estimate of drug-likeness (QED) is 0.0778. The number of aliphatic hydroxyl groups excluding tert-OH is 9. The number of methoxy groups -OCH3 is 2. The van der Waals surface area contributed by atoms with Crippen molar-refractivity contribution in [2.24, 2.45) is 0 Å². The number of ether oxygens (including phenoxy) is 7. The van der Waals surface area contributed by atoms with Crippen molar-refractivity contribution >= 4 is 5.97 Å². The van der Waals surface area contributed by atoms with Gasteiger partial charge >= 0.3 is 5.97 Å². The molecule has 300 valence electrons. The summed E-state index contributed by atoms with van der Waals surface area (Å²) >= 11 is 0. The molecule has 3 aliphatic rings. The van der Waals surface area contributed by atoms with Gasteiger partial charge < -0.3 is 79.1 Å². The fraction of sp³-hybridized carbons (Fsp3) is 0.694. The van der Waals surface area contributed by atoms with E-state index in [9.17, 15) is 50.8 Å². The summed E-state index contributed by atoms with van der Waals surface area (Å²) in [4.78, 5) is 13.7. The Morgan fingerprint density at radius 3 is 1.72 bits per heavy atom. The molecule has 15 atom stereocenters. The number of rotatable bonds is 13. The highest BCUT2D eigenvalue weighted by Crippen LogP contribution is 2.34. The summed E-state index contributed by atoms with van der Waals surface area (Å²) in [7, 11) is 2.50. The van der Waals surface area contributed by atoms with E-state index in [0.29, 0.717) is 11.1 Å². The molecule has 2 heterocycles. The Labute approximate surface area is 307 Å². The number of carbonyl (C=O) groups is 1. The van der Waals surface area contributed by atoms with E-state index in [1.807, 2.05) is 39.8 Å². The molecule has 0 bridgehead atoms. The van der Waals surface area contributed by atoms with Crippen LogP contribution in [0, 0.1) is 0 Å². The summed E-state index contributed by atoms with van der Waals surface area (Å²) in [6, 6.07) is 2.95. The zero-order valence-corrected chi connectivity index (χ0v) is 30.6. The minimum Gasteiger partial charge on any atom is -0.461 e. The smallest absolute Gasteiger partial charge is 0.338 e. The van der Waals surface area contributed by atoms with E-state index < -0.39 is 105 Å². The van der Waals surface area contributed by atoms with Gasteiger partial charge in [0.25, 0.3) is 0 Å². The van der Waals surface area contributed by atoms with Crippen molar-refractivity contribution in [1.29, 1.82) is 0 Å². The van der Waals surface area contributed by atoms with Crippen molar-refractivity contribution < 1.29 is 83.9 Å². The second-order valence-electron chi connectivity index (χ2n) is 14.1. The van der Waals surface area contributed by atoms with Gasteiger partial charge in [0.2, 0.25) is 6.29 Å². The SMILES string of the molecule is CO[C@@H]1C(O)[C@H](OC)[C@@H](O)C(OC(=O)c2cc(CC=C(C)C)c(O[C@@H]3O[C@H](CO[C@@H]4OC[C@@H](O)[C@H](O)[C@H]4O)[C@@H](O)[C@H](O)[C@H]3O)c(CC=C(C)C)c2)[C@H]1O. The van der Waals surface area contributed by atoms with Gasteiger partial charge in [-0.2, -0.15) is 0 Å². The third-order valence-corrected chi connectivity index (χ3v) is 9.53. The predicted octanol–water partition coefficient (Wildman–Crippen LogP) is -2.00. The summed E-state index contributed by atoms with van der Waals surface area (Å²) in [5.74, 6) is -0.737.